The molecule has 2 aromatic rings. The highest BCUT2D eigenvalue weighted by molar-refractivity contribution is 9.10. The number of halogens is 1. The molecule has 4 nitrogen and oxygen atoms in total. The molecule has 1 N–H and O–H groups in total. The second kappa shape index (κ2) is 4.81. The molecule has 0 aliphatic heterocycles. The lowest BCUT2D eigenvalue weighted by Gasteiger charge is -2.14. The van der Waals surface area contributed by atoms with Gasteiger partial charge in [0.1, 0.15) is 0 Å². The Balaban J connectivity index is 2.11. The molecule has 0 radical (unpaired) electrons. The first-order chi connectivity index (χ1) is 9.15. The SMILES string of the molecule is O=C(O)c1cc(Br)cc(-n2cnc3c2CCCC3)c1. The van der Waals surface area contributed by atoms with E-state index in [9.17, 15) is 4.79 Å². The molecule has 3 rings (SSSR count). The highest BCUT2D eigenvalue weighted by atomic mass is 79.9. The van der Waals surface area contributed by atoms with E-state index in [0.717, 1.165) is 28.7 Å². The Morgan fingerprint density at radius 3 is 2.84 bits per heavy atom. The highest BCUT2D eigenvalue weighted by Crippen LogP contribution is 2.25. The molecule has 1 aromatic heterocycles. The predicted octanol–water partition coefficient (Wildman–Crippen LogP) is 3.21. The number of aryl methyl sites for hydroxylation is 1. The second-order valence-corrected chi connectivity index (χ2v) is 5.63. The Morgan fingerprint density at radius 2 is 2.05 bits per heavy atom. The second-order valence-electron chi connectivity index (χ2n) is 4.72. The van der Waals surface area contributed by atoms with E-state index < -0.39 is 5.97 Å². The zero-order valence-electron chi connectivity index (χ0n) is 10.3. The smallest absolute Gasteiger partial charge is 0.335 e. The van der Waals surface area contributed by atoms with Gasteiger partial charge in [0.2, 0.25) is 0 Å². The van der Waals surface area contributed by atoms with Gasteiger partial charge in [-0.15, -0.1) is 0 Å². The minimum absolute atomic E-state index is 0.280. The van der Waals surface area contributed by atoms with Crippen LogP contribution in [0.5, 0.6) is 0 Å². The van der Waals surface area contributed by atoms with E-state index >= 15 is 0 Å². The van der Waals surface area contributed by atoms with Crippen molar-refractivity contribution in [3.05, 3.63) is 46.0 Å². The van der Waals surface area contributed by atoms with Crippen LogP contribution in [-0.2, 0) is 12.8 Å². The van der Waals surface area contributed by atoms with Crippen LogP contribution in [-0.4, -0.2) is 20.6 Å². The summed E-state index contributed by atoms with van der Waals surface area (Å²) < 4.78 is 2.77. The largest absolute Gasteiger partial charge is 0.478 e. The number of fused-ring (bicyclic) bond motifs is 1. The summed E-state index contributed by atoms with van der Waals surface area (Å²) in [6.07, 6.45) is 6.16. The van der Waals surface area contributed by atoms with E-state index in [-0.39, 0.29) is 5.56 Å². The molecule has 98 valence electrons. The van der Waals surface area contributed by atoms with Crippen LogP contribution in [0.1, 0.15) is 34.6 Å². The van der Waals surface area contributed by atoms with E-state index in [1.807, 2.05) is 10.6 Å². The Hall–Kier alpha value is -1.62. The van der Waals surface area contributed by atoms with Gasteiger partial charge >= 0.3 is 5.97 Å². The molecule has 0 fully saturated rings. The fourth-order valence-electron chi connectivity index (χ4n) is 2.53. The van der Waals surface area contributed by atoms with Crippen LogP contribution < -0.4 is 0 Å². The van der Waals surface area contributed by atoms with Gasteiger partial charge in [0.15, 0.2) is 0 Å². The third kappa shape index (κ3) is 2.30. The maximum absolute atomic E-state index is 11.1. The van der Waals surface area contributed by atoms with E-state index in [0.29, 0.717) is 0 Å². The summed E-state index contributed by atoms with van der Waals surface area (Å²) in [4.78, 5) is 15.6. The number of carbonyl (C=O) groups is 1. The number of aromatic nitrogens is 2. The zero-order valence-corrected chi connectivity index (χ0v) is 11.9. The summed E-state index contributed by atoms with van der Waals surface area (Å²) in [5, 5.41) is 9.12. The number of hydrogen-bond acceptors (Lipinski definition) is 2. The van der Waals surface area contributed by atoms with Crippen molar-refractivity contribution in [3.63, 3.8) is 0 Å². The van der Waals surface area contributed by atoms with Gasteiger partial charge in [-0.25, -0.2) is 9.78 Å². The lowest BCUT2D eigenvalue weighted by molar-refractivity contribution is 0.0697. The summed E-state index contributed by atoms with van der Waals surface area (Å²) in [6.45, 7) is 0. The van der Waals surface area contributed by atoms with Crippen molar-refractivity contribution in [2.24, 2.45) is 0 Å². The Bertz CT molecular complexity index is 649. The molecular weight excluding hydrogens is 308 g/mol. The van der Waals surface area contributed by atoms with E-state index in [2.05, 4.69) is 20.9 Å². The summed E-state index contributed by atoms with van der Waals surface area (Å²) in [5.74, 6) is -0.920. The Kier molecular flexibility index (Phi) is 3.14. The summed E-state index contributed by atoms with van der Waals surface area (Å²) in [7, 11) is 0. The molecule has 1 aliphatic carbocycles. The van der Waals surface area contributed by atoms with Gasteiger partial charge in [-0.3, -0.25) is 0 Å². The normalized spacial score (nSPS) is 14.2. The molecule has 5 heteroatoms. The monoisotopic (exact) mass is 320 g/mol. The van der Waals surface area contributed by atoms with Crippen LogP contribution in [0.25, 0.3) is 5.69 Å². The number of carboxylic acids is 1. The molecule has 0 unspecified atom stereocenters. The van der Waals surface area contributed by atoms with Crippen molar-refractivity contribution in [2.45, 2.75) is 25.7 Å². The van der Waals surface area contributed by atoms with Crippen molar-refractivity contribution in [1.82, 2.24) is 9.55 Å². The minimum Gasteiger partial charge on any atom is -0.478 e. The fourth-order valence-corrected chi connectivity index (χ4v) is 3.01. The molecule has 0 spiro atoms. The number of hydrogen-bond donors (Lipinski definition) is 1. The predicted molar refractivity (Wildman–Crippen MR) is 74.9 cm³/mol. The minimum atomic E-state index is -0.920. The summed E-state index contributed by atoms with van der Waals surface area (Å²) in [5.41, 5.74) is 3.48. The molecule has 19 heavy (non-hydrogen) atoms. The molecule has 0 amide bonds. The van der Waals surface area contributed by atoms with Gasteiger partial charge in [0.25, 0.3) is 0 Å². The first-order valence-electron chi connectivity index (χ1n) is 6.24. The Morgan fingerprint density at radius 1 is 1.26 bits per heavy atom. The van der Waals surface area contributed by atoms with Gasteiger partial charge in [-0.05, 0) is 43.9 Å². The van der Waals surface area contributed by atoms with E-state index in [1.54, 1.807) is 18.5 Å². The summed E-state index contributed by atoms with van der Waals surface area (Å²) in [6, 6.07) is 5.21. The van der Waals surface area contributed by atoms with E-state index in [1.165, 1.54) is 18.5 Å². The molecular formula is C14H13BrN2O2. The average molecular weight is 321 g/mol. The number of carboxylic acid groups (broad SMARTS) is 1. The molecule has 0 saturated heterocycles. The standard InChI is InChI=1S/C14H13BrN2O2/c15-10-5-9(14(18)19)6-11(7-10)17-8-16-12-3-1-2-4-13(12)17/h5-8H,1-4H2,(H,18,19). The molecule has 0 bridgehead atoms. The van der Waals surface area contributed by atoms with Gasteiger partial charge in [0, 0.05) is 15.9 Å². The van der Waals surface area contributed by atoms with Crippen molar-refractivity contribution >= 4 is 21.9 Å². The van der Waals surface area contributed by atoms with Crippen LogP contribution in [0.2, 0.25) is 0 Å². The first kappa shape index (κ1) is 12.4. The van der Waals surface area contributed by atoms with Crippen LogP contribution in [0.4, 0.5) is 0 Å². The number of aromatic carboxylic acids is 1. The van der Waals surface area contributed by atoms with Crippen molar-refractivity contribution < 1.29 is 9.90 Å². The molecule has 0 saturated carbocycles. The number of nitrogens with zero attached hydrogens (tertiary/aromatic N) is 2. The third-order valence-electron chi connectivity index (χ3n) is 3.44. The van der Waals surface area contributed by atoms with E-state index in [4.69, 9.17) is 5.11 Å². The van der Waals surface area contributed by atoms with Gasteiger partial charge < -0.3 is 9.67 Å². The number of rotatable bonds is 2. The molecule has 1 aromatic carbocycles. The Labute approximate surface area is 119 Å². The van der Waals surface area contributed by atoms with Crippen molar-refractivity contribution in [2.75, 3.05) is 0 Å². The van der Waals surface area contributed by atoms with Crippen LogP contribution in [0, 0.1) is 0 Å². The average Bonchev–Trinajstić information content (AvgIpc) is 2.81. The maximum Gasteiger partial charge on any atom is 0.335 e. The lowest BCUT2D eigenvalue weighted by Crippen LogP contribution is -2.07. The summed E-state index contributed by atoms with van der Waals surface area (Å²) >= 11 is 3.37. The third-order valence-corrected chi connectivity index (χ3v) is 3.90. The number of benzene rings is 1. The van der Waals surface area contributed by atoms with Crippen LogP contribution in [0.3, 0.4) is 0 Å². The van der Waals surface area contributed by atoms with Crippen molar-refractivity contribution in [3.8, 4) is 5.69 Å². The molecule has 0 atom stereocenters. The van der Waals surface area contributed by atoms with Crippen LogP contribution >= 0.6 is 15.9 Å². The van der Waals surface area contributed by atoms with Gasteiger partial charge in [0.05, 0.1) is 17.6 Å². The molecule has 1 heterocycles. The fraction of sp³-hybridized carbons (Fsp3) is 0.286. The van der Waals surface area contributed by atoms with Crippen LogP contribution in [0.15, 0.2) is 29.0 Å². The number of imidazole rings is 1. The quantitative estimate of drug-likeness (QED) is 0.924. The highest BCUT2D eigenvalue weighted by Gasteiger charge is 2.17. The topological polar surface area (TPSA) is 55.1 Å². The first-order valence-corrected chi connectivity index (χ1v) is 7.04. The lowest BCUT2D eigenvalue weighted by atomic mass is 10.0. The maximum atomic E-state index is 11.1. The zero-order chi connectivity index (χ0) is 13.4. The molecule has 1 aliphatic rings. The van der Waals surface area contributed by atoms with Gasteiger partial charge in [-0.1, -0.05) is 15.9 Å². The van der Waals surface area contributed by atoms with Crippen molar-refractivity contribution in [1.29, 1.82) is 0 Å². The van der Waals surface area contributed by atoms with Gasteiger partial charge in [-0.2, -0.15) is 0 Å².